The second-order valence-electron chi connectivity index (χ2n) is 7.65. The Kier molecular flexibility index (Phi) is 5.90. The normalized spacial score (nSPS) is 15.9. The van der Waals surface area contributed by atoms with Crippen LogP contribution in [-0.4, -0.2) is 42.8 Å². The van der Waals surface area contributed by atoms with Gasteiger partial charge in [0.05, 0.1) is 6.26 Å². The third kappa shape index (κ3) is 4.61. The van der Waals surface area contributed by atoms with E-state index in [4.69, 9.17) is 4.42 Å². The predicted molar refractivity (Wildman–Crippen MR) is 116 cm³/mol. The maximum absolute atomic E-state index is 13.1. The van der Waals surface area contributed by atoms with Crippen LogP contribution in [0.1, 0.15) is 23.1 Å². The van der Waals surface area contributed by atoms with Crippen LogP contribution in [0.2, 0.25) is 0 Å². The van der Waals surface area contributed by atoms with E-state index in [2.05, 4.69) is 5.32 Å². The van der Waals surface area contributed by atoms with Crippen LogP contribution >= 0.6 is 0 Å². The number of rotatable bonds is 6. The molecule has 0 saturated carbocycles. The molecule has 1 atom stereocenters. The first-order chi connectivity index (χ1) is 15.2. The van der Waals surface area contributed by atoms with Gasteiger partial charge >= 0.3 is 0 Å². The number of furan rings is 1. The van der Waals surface area contributed by atoms with Gasteiger partial charge in [-0.25, -0.2) is 8.42 Å². The summed E-state index contributed by atoms with van der Waals surface area (Å²) < 4.78 is 40.5. The highest BCUT2D eigenvalue weighted by atomic mass is 32.2. The average Bonchev–Trinajstić information content (AvgIpc) is 3.18. The fourth-order valence-corrected chi connectivity index (χ4v) is 4.48. The summed E-state index contributed by atoms with van der Waals surface area (Å²) in [7, 11) is -3.15. The van der Waals surface area contributed by atoms with Crippen LogP contribution in [0.3, 0.4) is 0 Å². The van der Waals surface area contributed by atoms with Crippen LogP contribution < -0.4 is 10.0 Å². The van der Waals surface area contributed by atoms with E-state index in [9.17, 15) is 22.6 Å². The van der Waals surface area contributed by atoms with Crippen LogP contribution in [0.4, 0.5) is 5.69 Å². The number of nitrogens with one attached hydrogen (secondary N) is 2. The third-order valence-electron chi connectivity index (χ3n) is 5.62. The molecule has 2 heterocycles. The molecule has 1 aromatic heterocycles. The molecule has 2 N–H and O–H groups in total. The van der Waals surface area contributed by atoms with Gasteiger partial charge in [-0.05, 0) is 41.3 Å². The van der Waals surface area contributed by atoms with Gasteiger partial charge in [0.25, 0.3) is 0 Å². The van der Waals surface area contributed by atoms with Crippen molar-refractivity contribution in [1.29, 1.82) is 0 Å². The van der Waals surface area contributed by atoms with Crippen molar-refractivity contribution in [3.05, 3.63) is 65.4 Å². The molecule has 10 heteroatoms. The molecule has 0 unspecified atom stereocenters. The van der Waals surface area contributed by atoms with E-state index in [0.717, 1.165) is 22.1 Å². The molecule has 168 valence electrons. The van der Waals surface area contributed by atoms with E-state index in [1.807, 2.05) is 29.0 Å². The molecular weight excluding hydrogens is 434 g/mol. The van der Waals surface area contributed by atoms with Gasteiger partial charge in [0.2, 0.25) is 11.8 Å². The average molecular weight is 457 g/mol. The second-order valence-corrected chi connectivity index (χ2v) is 8.76. The van der Waals surface area contributed by atoms with Crippen molar-refractivity contribution in [2.45, 2.75) is 31.8 Å². The van der Waals surface area contributed by atoms with Gasteiger partial charge < -0.3 is 19.2 Å². The highest BCUT2D eigenvalue weighted by Crippen LogP contribution is 2.28. The van der Waals surface area contributed by atoms with Gasteiger partial charge in [-0.2, -0.15) is 0 Å². The van der Waals surface area contributed by atoms with Crippen LogP contribution in [0, 0.1) is 0 Å². The first kappa shape index (κ1) is 21.8. The zero-order valence-corrected chi connectivity index (χ0v) is 18.1. The number of hydrogen-bond donors (Lipinski definition) is 2. The lowest BCUT2D eigenvalue weighted by molar-refractivity contribution is -0.141. The summed E-state index contributed by atoms with van der Waals surface area (Å²) in [5.74, 6) is -0.480. The summed E-state index contributed by atoms with van der Waals surface area (Å²) in [4.78, 5) is 27.1. The minimum Gasteiger partial charge on any atom is -0.731 e. The Bertz CT molecular complexity index is 1280. The predicted octanol–water partition coefficient (Wildman–Crippen LogP) is 1.94. The fourth-order valence-electron chi connectivity index (χ4n) is 4.07. The number of benzene rings is 2. The van der Waals surface area contributed by atoms with Crippen LogP contribution in [-0.2, 0) is 39.3 Å². The SMILES string of the molecule is CNC(=O)[C@@H]1Cc2ccc(NS(=O)(=O)[O-])cc2CN1C(=O)CCc1coc2ccccc12. The third-order valence-corrected chi connectivity index (χ3v) is 6.10. The Hall–Kier alpha value is -3.37. The van der Waals surface area contributed by atoms with Gasteiger partial charge in [0.15, 0.2) is 10.3 Å². The lowest BCUT2D eigenvalue weighted by Gasteiger charge is -2.36. The first-order valence-corrected chi connectivity index (χ1v) is 11.5. The molecule has 0 radical (unpaired) electrons. The van der Waals surface area contributed by atoms with Crippen molar-refractivity contribution >= 4 is 38.8 Å². The molecule has 2 amide bonds. The van der Waals surface area contributed by atoms with Crippen molar-refractivity contribution in [2.75, 3.05) is 11.8 Å². The molecule has 0 bridgehead atoms. The monoisotopic (exact) mass is 456 g/mol. The van der Waals surface area contributed by atoms with Crippen LogP contribution in [0.25, 0.3) is 11.0 Å². The number of aryl methyl sites for hydroxylation is 1. The lowest BCUT2D eigenvalue weighted by atomic mass is 9.92. The van der Waals surface area contributed by atoms with Gasteiger partial charge in [-0.15, -0.1) is 0 Å². The molecule has 1 aliphatic heterocycles. The Morgan fingerprint density at radius 2 is 1.97 bits per heavy atom. The summed E-state index contributed by atoms with van der Waals surface area (Å²) in [6.07, 6.45) is 2.57. The molecule has 1 aliphatic rings. The topological polar surface area (TPSA) is 132 Å². The Labute approximate surface area is 185 Å². The summed E-state index contributed by atoms with van der Waals surface area (Å²) >= 11 is 0. The molecule has 0 spiro atoms. The summed E-state index contributed by atoms with van der Waals surface area (Å²) in [5.41, 5.74) is 3.28. The minimum atomic E-state index is -4.67. The smallest absolute Gasteiger partial charge is 0.242 e. The molecule has 2 aromatic carbocycles. The Morgan fingerprint density at radius 1 is 1.19 bits per heavy atom. The molecule has 32 heavy (non-hydrogen) atoms. The molecular formula is C22H22N3O6S-. The number of carbonyl (C=O) groups is 2. The number of likely N-dealkylation sites (N-methyl/N-ethyl adjacent to an activating group) is 1. The van der Waals surface area contributed by atoms with E-state index in [1.165, 1.54) is 24.1 Å². The number of nitrogens with zero attached hydrogens (tertiary/aromatic N) is 1. The first-order valence-electron chi connectivity index (χ1n) is 10.1. The highest BCUT2D eigenvalue weighted by Gasteiger charge is 2.34. The van der Waals surface area contributed by atoms with E-state index in [-0.39, 0.29) is 30.5 Å². The van der Waals surface area contributed by atoms with Crippen LogP contribution in [0.5, 0.6) is 0 Å². The molecule has 4 rings (SSSR count). The molecule has 9 nitrogen and oxygen atoms in total. The largest absolute Gasteiger partial charge is 0.731 e. The number of hydrogen-bond acceptors (Lipinski definition) is 6. The summed E-state index contributed by atoms with van der Waals surface area (Å²) in [6, 6.07) is 11.5. The van der Waals surface area contributed by atoms with Crippen molar-refractivity contribution < 1.29 is 27.0 Å². The summed E-state index contributed by atoms with van der Waals surface area (Å²) in [6.45, 7) is 0.132. The molecule has 0 fully saturated rings. The quantitative estimate of drug-likeness (QED) is 0.545. The summed E-state index contributed by atoms with van der Waals surface area (Å²) in [5, 5.41) is 3.55. The fraction of sp³-hybridized carbons (Fsp3) is 0.273. The molecule has 3 aromatic rings. The van der Waals surface area contributed by atoms with Crippen molar-refractivity contribution in [1.82, 2.24) is 10.2 Å². The van der Waals surface area contributed by atoms with E-state index >= 15 is 0 Å². The van der Waals surface area contributed by atoms with Crippen LogP contribution in [0.15, 0.2) is 53.1 Å². The van der Waals surface area contributed by atoms with Crippen molar-refractivity contribution in [2.24, 2.45) is 0 Å². The van der Waals surface area contributed by atoms with E-state index in [0.29, 0.717) is 18.4 Å². The number of fused-ring (bicyclic) bond motifs is 2. The zero-order chi connectivity index (χ0) is 22.9. The number of carbonyl (C=O) groups excluding carboxylic acids is 2. The maximum Gasteiger partial charge on any atom is 0.242 e. The number of para-hydroxylation sites is 1. The van der Waals surface area contributed by atoms with Gasteiger partial charge in [-0.3, -0.25) is 14.3 Å². The highest BCUT2D eigenvalue weighted by molar-refractivity contribution is 7.87. The van der Waals surface area contributed by atoms with Gasteiger partial charge in [0, 0.05) is 37.5 Å². The van der Waals surface area contributed by atoms with Gasteiger partial charge in [0.1, 0.15) is 11.6 Å². The maximum atomic E-state index is 13.1. The second kappa shape index (κ2) is 8.64. The minimum absolute atomic E-state index is 0.120. The Balaban J connectivity index is 1.55. The standard InChI is InChI=1S/C22H23N3O6S/c1-23-22(27)19-11-14-6-8-17(24-32(28,29)30)10-16(14)12-25(19)21(26)9-7-15-13-31-20-5-3-2-4-18(15)20/h2-6,8,10,13,19,24H,7,9,11-12H2,1H3,(H,23,27)(H,28,29,30)/p-1/t19-/m0/s1. The molecule has 0 aliphatic carbocycles. The lowest BCUT2D eigenvalue weighted by Crippen LogP contribution is -2.52. The molecule has 0 saturated heterocycles. The zero-order valence-electron chi connectivity index (χ0n) is 17.3. The van der Waals surface area contributed by atoms with Crippen molar-refractivity contribution in [3.63, 3.8) is 0 Å². The number of amides is 2. The van der Waals surface area contributed by atoms with Crippen molar-refractivity contribution in [3.8, 4) is 0 Å². The Morgan fingerprint density at radius 3 is 2.72 bits per heavy atom. The van der Waals surface area contributed by atoms with E-state index < -0.39 is 16.3 Å². The van der Waals surface area contributed by atoms with E-state index in [1.54, 1.807) is 12.3 Å². The number of anilines is 1. The van der Waals surface area contributed by atoms with Gasteiger partial charge in [-0.1, -0.05) is 24.3 Å².